The zero-order chi connectivity index (χ0) is 53.3. The molecule has 18 heteroatoms. The van der Waals surface area contributed by atoms with Crippen LogP contribution >= 0.6 is 23.5 Å². The highest BCUT2D eigenvalue weighted by Crippen LogP contribution is 2.48. The lowest BCUT2D eigenvalue weighted by atomic mass is 9.83. The SMILES string of the molecule is C=C(/C=C\C=C/C)[C@@H](COCCCCCCCCOC[C@@H](NC(=O)[C@H]1N2C(=O)[C@@H](NC(=O)[C@H](C)NC)CCS[C@H]2CC1(C)C)c1ccccc1)NC(=O)[C@H]1N2C(=O)[C@@H](NC(=O)[C@H](C)NC)CCS[C@H]2CC1(C)C. The lowest BCUT2D eigenvalue weighted by Gasteiger charge is -2.35. The second-order valence-electron chi connectivity index (χ2n) is 21.3. The van der Waals surface area contributed by atoms with Crippen molar-refractivity contribution in [2.75, 3.05) is 52.0 Å². The fourth-order valence-electron chi connectivity index (χ4n) is 10.1. The van der Waals surface area contributed by atoms with Crippen molar-refractivity contribution in [3.63, 3.8) is 0 Å². The maximum atomic E-state index is 14.4. The Hall–Kier alpha value is -4.20. The normalized spacial score (nSPS) is 25.3. The minimum Gasteiger partial charge on any atom is -0.379 e. The summed E-state index contributed by atoms with van der Waals surface area (Å²) in [6.45, 7) is 19.4. The molecule has 0 bridgehead atoms. The van der Waals surface area contributed by atoms with Crippen molar-refractivity contribution in [1.29, 1.82) is 0 Å². The molecule has 5 rings (SSSR count). The summed E-state index contributed by atoms with van der Waals surface area (Å²) in [4.78, 5) is 86.0. The Morgan fingerprint density at radius 2 is 1.18 bits per heavy atom. The van der Waals surface area contributed by atoms with E-state index in [1.54, 1.807) is 61.3 Å². The number of rotatable bonds is 27. The number of allylic oxidation sites excluding steroid dienone is 3. The number of unbranched alkanes of at least 4 members (excludes halogenated alkanes) is 5. The van der Waals surface area contributed by atoms with Gasteiger partial charge >= 0.3 is 0 Å². The standard InChI is InChI=1S/C55H86N8O8S2/c1-11-12-18-23-36(2)42(60-50(66)46-54(5,6)32-44-62(46)52(68)40(26-30-72-44)58-48(64)37(3)56-9)34-70-28-21-15-13-14-16-22-29-71-35-43(39-24-19-17-20-25-39)61-51(67)47-55(7,8)33-45-63(47)53(69)41(27-31-73-45)59-49(65)38(4)57-10/h11-12,17-20,23-25,37-38,40-47,56-57H,2,13-16,21-22,26-35H2,1,3-10H3,(H,58,64)(H,59,65)(H,60,66)(H,61,67)/b12-11-,23-18-/t37-,38-,40-,41-,42+,43+,44-,45-,46+,47+/m0/s1. The average molecular weight is 1050 g/mol. The smallest absolute Gasteiger partial charge is 0.246 e. The number of amides is 6. The van der Waals surface area contributed by atoms with Crippen LogP contribution in [0.4, 0.5) is 0 Å². The maximum absolute atomic E-state index is 14.4. The fraction of sp³-hybridized carbons (Fsp3) is 0.673. The third-order valence-electron chi connectivity index (χ3n) is 14.7. The minimum atomic E-state index is -0.734. The second kappa shape index (κ2) is 28.6. The Kier molecular flexibility index (Phi) is 23.4. The van der Waals surface area contributed by atoms with E-state index in [0.717, 1.165) is 44.1 Å². The zero-order valence-corrected chi connectivity index (χ0v) is 46.6. The van der Waals surface area contributed by atoms with Crippen molar-refractivity contribution < 1.29 is 38.2 Å². The van der Waals surface area contributed by atoms with Crippen LogP contribution in [0.15, 0.2) is 66.8 Å². The summed E-state index contributed by atoms with van der Waals surface area (Å²) >= 11 is 3.34. The molecule has 73 heavy (non-hydrogen) atoms. The van der Waals surface area contributed by atoms with E-state index in [0.29, 0.717) is 56.0 Å². The van der Waals surface area contributed by atoms with Gasteiger partial charge in [0.2, 0.25) is 35.4 Å². The highest BCUT2D eigenvalue weighted by molar-refractivity contribution is 8.00. The lowest BCUT2D eigenvalue weighted by Crippen LogP contribution is -2.59. The van der Waals surface area contributed by atoms with Gasteiger partial charge in [0.25, 0.3) is 0 Å². The Morgan fingerprint density at radius 1 is 0.712 bits per heavy atom. The fourth-order valence-corrected chi connectivity index (χ4v) is 13.3. The van der Waals surface area contributed by atoms with Crippen LogP contribution in [-0.4, -0.2) is 150 Å². The molecule has 406 valence electrons. The van der Waals surface area contributed by atoms with Crippen LogP contribution in [0.3, 0.4) is 0 Å². The molecular formula is C55H86N8O8S2. The second-order valence-corrected chi connectivity index (χ2v) is 23.9. The van der Waals surface area contributed by atoms with Gasteiger partial charge in [-0.2, -0.15) is 0 Å². The van der Waals surface area contributed by atoms with Gasteiger partial charge in [-0.05, 0) is 107 Å². The van der Waals surface area contributed by atoms with Gasteiger partial charge in [0, 0.05) is 13.2 Å². The number of likely N-dealkylation sites (N-methyl/N-ethyl adjacent to an activating group) is 2. The molecule has 0 saturated carbocycles. The van der Waals surface area contributed by atoms with Gasteiger partial charge in [0.05, 0.1) is 48.1 Å². The molecular weight excluding hydrogens is 965 g/mol. The zero-order valence-electron chi connectivity index (χ0n) is 45.0. The van der Waals surface area contributed by atoms with Gasteiger partial charge in [0.1, 0.15) is 24.2 Å². The molecule has 10 atom stereocenters. The van der Waals surface area contributed by atoms with Crippen LogP contribution in [0.25, 0.3) is 0 Å². The molecule has 4 aliphatic heterocycles. The molecule has 6 N–H and O–H groups in total. The van der Waals surface area contributed by atoms with Crippen molar-refractivity contribution in [2.45, 2.75) is 172 Å². The number of carbonyl (C=O) groups is 6. The first-order valence-corrected chi connectivity index (χ1v) is 28.6. The van der Waals surface area contributed by atoms with Gasteiger partial charge in [-0.25, -0.2) is 0 Å². The van der Waals surface area contributed by atoms with E-state index in [4.69, 9.17) is 9.47 Å². The summed E-state index contributed by atoms with van der Waals surface area (Å²) in [6, 6.07) is 5.11. The molecule has 4 saturated heterocycles. The van der Waals surface area contributed by atoms with E-state index in [1.807, 2.05) is 89.3 Å². The molecule has 4 heterocycles. The monoisotopic (exact) mass is 1050 g/mol. The van der Waals surface area contributed by atoms with Gasteiger partial charge in [0.15, 0.2) is 0 Å². The Labute approximate surface area is 443 Å². The number of fused-ring (bicyclic) bond motifs is 2. The molecule has 16 nitrogen and oxygen atoms in total. The van der Waals surface area contributed by atoms with Gasteiger partial charge in [-0.3, -0.25) is 28.8 Å². The maximum Gasteiger partial charge on any atom is 0.246 e. The summed E-state index contributed by atoms with van der Waals surface area (Å²) in [7, 11) is 3.41. The van der Waals surface area contributed by atoms with E-state index in [9.17, 15) is 28.8 Å². The average Bonchev–Trinajstić information content (AvgIpc) is 3.68. The molecule has 4 fully saturated rings. The number of benzene rings is 1. The third kappa shape index (κ3) is 16.4. The van der Waals surface area contributed by atoms with Crippen LogP contribution in [0.2, 0.25) is 0 Å². The molecule has 6 amide bonds. The highest BCUT2D eigenvalue weighted by atomic mass is 32.2. The van der Waals surface area contributed by atoms with Crippen molar-refractivity contribution in [1.82, 2.24) is 41.7 Å². The predicted molar refractivity (Wildman–Crippen MR) is 292 cm³/mol. The van der Waals surface area contributed by atoms with Crippen LogP contribution in [0.1, 0.15) is 124 Å². The molecule has 1 aromatic carbocycles. The van der Waals surface area contributed by atoms with Crippen molar-refractivity contribution in [3.05, 3.63) is 72.4 Å². The summed E-state index contributed by atoms with van der Waals surface area (Å²) in [6.07, 6.45) is 15.7. The molecule has 0 unspecified atom stereocenters. The minimum absolute atomic E-state index is 0.156. The quantitative estimate of drug-likeness (QED) is 0.0461. The number of nitrogens with one attached hydrogen (secondary N) is 6. The summed E-state index contributed by atoms with van der Waals surface area (Å²) in [5.41, 5.74) is 0.626. The van der Waals surface area contributed by atoms with Crippen molar-refractivity contribution in [3.8, 4) is 0 Å². The number of hydrogen-bond donors (Lipinski definition) is 6. The van der Waals surface area contributed by atoms with Crippen molar-refractivity contribution in [2.24, 2.45) is 10.8 Å². The first-order chi connectivity index (χ1) is 34.8. The third-order valence-corrected chi connectivity index (χ3v) is 17.2. The van der Waals surface area contributed by atoms with Crippen LogP contribution in [-0.2, 0) is 38.2 Å². The Balaban J connectivity index is 1.07. The van der Waals surface area contributed by atoms with E-state index >= 15 is 0 Å². The number of hydrogen-bond acceptors (Lipinski definition) is 12. The summed E-state index contributed by atoms with van der Waals surface area (Å²) in [5, 5.41) is 17.9. The lowest BCUT2D eigenvalue weighted by molar-refractivity contribution is -0.144. The molecule has 0 aliphatic carbocycles. The van der Waals surface area contributed by atoms with Crippen LogP contribution in [0, 0.1) is 10.8 Å². The highest BCUT2D eigenvalue weighted by Gasteiger charge is 2.56. The van der Waals surface area contributed by atoms with E-state index in [-0.39, 0.29) is 59.4 Å². The molecule has 4 aliphatic rings. The molecule has 0 aromatic heterocycles. The van der Waals surface area contributed by atoms with E-state index < -0.39 is 59.2 Å². The predicted octanol–water partition coefficient (Wildman–Crippen LogP) is 5.76. The summed E-state index contributed by atoms with van der Waals surface area (Å²) in [5.74, 6) is -0.0164. The molecule has 0 radical (unpaired) electrons. The van der Waals surface area contributed by atoms with Gasteiger partial charge in [-0.1, -0.05) is 115 Å². The largest absolute Gasteiger partial charge is 0.379 e. The first kappa shape index (κ1) is 59.7. The Bertz CT molecular complexity index is 2090. The van der Waals surface area contributed by atoms with Gasteiger partial charge in [-0.15, -0.1) is 23.5 Å². The number of nitrogens with zero attached hydrogens (tertiary/aromatic N) is 2. The van der Waals surface area contributed by atoms with Crippen LogP contribution < -0.4 is 31.9 Å². The van der Waals surface area contributed by atoms with Crippen molar-refractivity contribution >= 4 is 59.0 Å². The Morgan fingerprint density at radius 3 is 1.66 bits per heavy atom. The first-order valence-electron chi connectivity index (χ1n) is 26.5. The number of thioether (sulfide) groups is 2. The molecule has 0 spiro atoms. The van der Waals surface area contributed by atoms with E-state index in [2.05, 4.69) is 38.5 Å². The summed E-state index contributed by atoms with van der Waals surface area (Å²) < 4.78 is 12.4. The molecule has 1 aromatic rings. The number of carbonyl (C=O) groups excluding carboxylic acids is 6. The van der Waals surface area contributed by atoms with Crippen LogP contribution in [0.5, 0.6) is 0 Å². The number of ether oxygens (including phenoxy) is 2. The van der Waals surface area contributed by atoms with Gasteiger partial charge < -0.3 is 51.2 Å². The van der Waals surface area contributed by atoms with E-state index in [1.165, 1.54) is 0 Å². The topological polar surface area (TPSA) is 200 Å².